The molecule has 1 fully saturated rings. The summed E-state index contributed by atoms with van der Waals surface area (Å²) in [5, 5.41) is 20.7. The first-order valence-corrected chi connectivity index (χ1v) is 7.81. The zero-order chi connectivity index (χ0) is 14.7. The summed E-state index contributed by atoms with van der Waals surface area (Å²) in [4.78, 5) is 2.33. The minimum atomic E-state index is -0.594. The lowest BCUT2D eigenvalue weighted by atomic mass is 10.1. The Hall–Kier alpha value is -1.53. The summed E-state index contributed by atoms with van der Waals surface area (Å²) in [7, 11) is 0. The van der Waals surface area contributed by atoms with Crippen LogP contribution in [0.25, 0.3) is 11.0 Å². The van der Waals surface area contributed by atoms with E-state index in [1.54, 1.807) is 0 Å². The minimum Gasteiger partial charge on any atom is -0.390 e. The Labute approximate surface area is 128 Å². The predicted octanol–water partition coefficient (Wildman–Crippen LogP) is 2.22. The Kier molecular flexibility index (Phi) is 4.45. The van der Waals surface area contributed by atoms with Crippen molar-refractivity contribution in [2.45, 2.75) is 25.4 Å². The summed E-state index contributed by atoms with van der Waals surface area (Å²) in [6, 6.07) is 3.99. The van der Waals surface area contributed by atoms with Crippen LogP contribution in [0.5, 0.6) is 0 Å². The summed E-state index contributed by atoms with van der Waals surface area (Å²) < 4.78 is 4.91. The molecular weight excluding hydrogens is 292 g/mol. The lowest BCUT2D eigenvalue weighted by molar-refractivity contribution is 0.211. The number of rotatable bonds is 5. The number of anilines is 2. The number of aliphatic hydroxyl groups is 1. The molecule has 21 heavy (non-hydrogen) atoms. The zero-order valence-corrected chi connectivity index (χ0v) is 12.5. The van der Waals surface area contributed by atoms with E-state index in [4.69, 9.17) is 16.2 Å². The van der Waals surface area contributed by atoms with E-state index in [1.807, 2.05) is 12.1 Å². The van der Waals surface area contributed by atoms with Crippen LogP contribution in [0.1, 0.15) is 19.3 Å². The smallest absolute Gasteiger partial charge is 0.160 e. The van der Waals surface area contributed by atoms with Crippen molar-refractivity contribution in [3.05, 3.63) is 12.1 Å². The van der Waals surface area contributed by atoms with Gasteiger partial charge in [-0.15, -0.1) is 11.6 Å². The second-order valence-corrected chi connectivity index (χ2v) is 5.64. The van der Waals surface area contributed by atoms with Gasteiger partial charge < -0.3 is 15.3 Å². The van der Waals surface area contributed by atoms with E-state index < -0.39 is 6.10 Å². The van der Waals surface area contributed by atoms with Gasteiger partial charge in [0.2, 0.25) is 0 Å². The predicted molar refractivity (Wildman–Crippen MR) is 83.1 cm³/mol. The Morgan fingerprint density at radius 2 is 2.00 bits per heavy atom. The topological polar surface area (TPSA) is 74.4 Å². The maximum absolute atomic E-state index is 9.54. The fourth-order valence-electron chi connectivity index (χ4n) is 2.67. The van der Waals surface area contributed by atoms with Crippen LogP contribution in [0.15, 0.2) is 16.8 Å². The number of benzene rings is 1. The quantitative estimate of drug-likeness (QED) is 0.825. The third-order valence-corrected chi connectivity index (χ3v) is 4.15. The second kappa shape index (κ2) is 6.49. The standard InChI is InChI=1S/C14H19ClN4O2/c15-8-10(20)9-16-11-4-5-12(14-13(11)17-21-18-14)19-6-2-1-3-7-19/h4-5,10,16,20H,1-3,6-9H2. The Bertz CT molecular complexity index is 598. The number of hydrogen-bond acceptors (Lipinski definition) is 6. The molecular formula is C14H19ClN4O2. The average molecular weight is 311 g/mol. The number of fused-ring (bicyclic) bond motifs is 1. The van der Waals surface area contributed by atoms with Gasteiger partial charge in [0, 0.05) is 19.6 Å². The Balaban J connectivity index is 1.86. The van der Waals surface area contributed by atoms with E-state index in [1.165, 1.54) is 19.3 Å². The first kappa shape index (κ1) is 14.4. The fourth-order valence-corrected chi connectivity index (χ4v) is 2.78. The molecule has 1 atom stereocenters. The van der Waals surface area contributed by atoms with Gasteiger partial charge in [-0.05, 0) is 41.7 Å². The van der Waals surface area contributed by atoms with E-state index in [0.717, 1.165) is 30.0 Å². The Morgan fingerprint density at radius 1 is 1.24 bits per heavy atom. The molecule has 1 aliphatic rings. The normalized spacial score (nSPS) is 17.1. The third-order valence-electron chi connectivity index (χ3n) is 3.80. The molecule has 0 spiro atoms. The summed E-state index contributed by atoms with van der Waals surface area (Å²) in [5.74, 6) is 0.194. The molecule has 0 aliphatic carbocycles. The molecule has 6 nitrogen and oxygen atoms in total. The fraction of sp³-hybridized carbons (Fsp3) is 0.571. The maximum Gasteiger partial charge on any atom is 0.160 e. The molecule has 0 saturated carbocycles. The molecule has 1 aromatic carbocycles. The largest absolute Gasteiger partial charge is 0.390 e. The highest BCUT2D eigenvalue weighted by molar-refractivity contribution is 6.18. The number of nitrogens with one attached hydrogen (secondary N) is 1. The molecule has 1 aromatic heterocycles. The number of halogens is 1. The highest BCUT2D eigenvalue weighted by Gasteiger charge is 2.18. The maximum atomic E-state index is 9.54. The van der Waals surface area contributed by atoms with Gasteiger partial charge in [0.1, 0.15) is 0 Å². The van der Waals surface area contributed by atoms with Crippen molar-refractivity contribution in [2.75, 3.05) is 35.7 Å². The van der Waals surface area contributed by atoms with Crippen LogP contribution < -0.4 is 10.2 Å². The first-order valence-electron chi connectivity index (χ1n) is 7.27. The van der Waals surface area contributed by atoms with Gasteiger partial charge in [0.25, 0.3) is 0 Å². The van der Waals surface area contributed by atoms with Crippen LogP contribution in [0.4, 0.5) is 11.4 Å². The second-order valence-electron chi connectivity index (χ2n) is 5.33. The molecule has 2 heterocycles. The summed E-state index contributed by atoms with van der Waals surface area (Å²) >= 11 is 5.60. The molecule has 0 amide bonds. The molecule has 1 aliphatic heterocycles. The summed E-state index contributed by atoms with van der Waals surface area (Å²) in [6.45, 7) is 2.45. The highest BCUT2D eigenvalue weighted by Crippen LogP contribution is 2.31. The van der Waals surface area contributed by atoms with Crippen molar-refractivity contribution in [1.82, 2.24) is 10.3 Å². The van der Waals surface area contributed by atoms with Gasteiger partial charge in [-0.2, -0.15) is 0 Å². The van der Waals surface area contributed by atoms with Gasteiger partial charge in [-0.25, -0.2) is 4.63 Å². The van der Waals surface area contributed by atoms with Crippen LogP contribution in [0.2, 0.25) is 0 Å². The van der Waals surface area contributed by atoms with E-state index in [2.05, 4.69) is 20.5 Å². The molecule has 0 radical (unpaired) electrons. The lowest BCUT2D eigenvalue weighted by Gasteiger charge is -2.28. The molecule has 2 aromatic rings. The number of aromatic nitrogens is 2. The van der Waals surface area contributed by atoms with Gasteiger partial charge in [0.15, 0.2) is 11.0 Å². The highest BCUT2D eigenvalue weighted by atomic mass is 35.5. The van der Waals surface area contributed by atoms with Crippen molar-refractivity contribution in [3.8, 4) is 0 Å². The van der Waals surface area contributed by atoms with E-state index >= 15 is 0 Å². The number of alkyl halides is 1. The number of hydrogen-bond donors (Lipinski definition) is 2. The van der Waals surface area contributed by atoms with E-state index in [0.29, 0.717) is 12.1 Å². The molecule has 1 unspecified atom stereocenters. The summed E-state index contributed by atoms with van der Waals surface area (Å²) in [6.07, 6.45) is 3.10. The van der Waals surface area contributed by atoms with E-state index in [9.17, 15) is 5.11 Å². The Morgan fingerprint density at radius 3 is 2.76 bits per heavy atom. The van der Waals surface area contributed by atoms with E-state index in [-0.39, 0.29) is 5.88 Å². The minimum absolute atomic E-state index is 0.194. The molecule has 3 rings (SSSR count). The number of piperidine rings is 1. The molecule has 7 heteroatoms. The van der Waals surface area contributed by atoms with Crippen LogP contribution in [-0.2, 0) is 0 Å². The van der Waals surface area contributed by atoms with Crippen molar-refractivity contribution in [3.63, 3.8) is 0 Å². The van der Waals surface area contributed by atoms with Crippen molar-refractivity contribution in [2.24, 2.45) is 0 Å². The first-order chi connectivity index (χ1) is 10.3. The molecule has 2 N–H and O–H groups in total. The van der Waals surface area contributed by atoms with Crippen LogP contribution in [-0.4, -0.2) is 47.0 Å². The van der Waals surface area contributed by atoms with Crippen LogP contribution in [0.3, 0.4) is 0 Å². The molecule has 1 saturated heterocycles. The lowest BCUT2D eigenvalue weighted by Crippen LogP contribution is -2.29. The zero-order valence-electron chi connectivity index (χ0n) is 11.8. The summed E-state index contributed by atoms with van der Waals surface area (Å²) in [5.41, 5.74) is 3.33. The van der Waals surface area contributed by atoms with Gasteiger partial charge in [0.05, 0.1) is 23.4 Å². The number of nitrogens with zero attached hydrogens (tertiary/aromatic N) is 3. The van der Waals surface area contributed by atoms with Gasteiger partial charge in [-0.3, -0.25) is 0 Å². The van der Waals surface area contributed by atoms with Crippen molar-refractivity contribution in [1.29, 1.82) is 0 Å². The third kappa shape index (κ3) is 3.06. The van der Waals surface area contributed by atoms with Crippen LogP contribution >= 0.6 is 11.6 Å². The van der Waals surface area contributed by atoms with Gasteiger partial charge in [-0.1, -0.05) is 0 Å². The SMILES string of the molecule is OC(CCl)CNc1ccc(N2CCCCC2)c2nonc12. The molecule has 0 bridgehead atoms. The van der Waals surface area contributed by atoms with Crippen LogP contribution in [0, 0.1) is 0 Å². The molecule has 114 valence electrons. The van der Waals surface area contributed by atoms with Gasteiger partial charge >= 0.3 is 0 Å². The number of aliphatic hydroxyl groups excluding tert-OH is 1. The van der Waals surface area contributed by atoms with Crippen molar-refractivity contribution < 1.29 is 9.74 Å². The monoisotopic (exact) mass is 310 g/mol. The average Bonchev–Trinajstić information content (AvgIpc) is 3.02. The van der Waals surface area contributed by atoms with Crippen molar-refractivity contribution >= 4 is 34.0 Å².